The lowest BCUT2D eigenvalue weighted by Gasteiger charge is -1.94. The Labute approximate surface area is 91.9 Å². The van der Waals surface area contributed by atoms with Crippen molar-refractivity contribution in [1.82, 2.24) is 0 Å². The fourth-order valence-electron chi connectivity index (χ4n) is 1.18. The average molecular weight is 306 g/mol. The van der Waals surface area contributed by atoms with Crippen molar-refractivity contribution in [2.45, 2.75) is 5.33 Å². The fraction of sp³-hybridized carbons (Fsp3) is 0.111. The molecule has 0 saturated heterocycles. The van der Waals surface area contributed by atoms with Gasteiger partial charge in [0.15, 0.2) is 0 Å². The number of hydrogen-bond acceptors (Lipinski definition) is 1. The molecule has 0 nitrogen and oxygen atoms in total. The van der Waals surface area contributed by atoms with E-state index in [-0.39, 0.29) is 0 Å². The van der Waals surface area contributed by atoms with Crippen LogP contribution in [0.3, 0.4) is 0 Å². The molecular formula is C9H6Br2S. The van der Waals surface area contributed by atoms with Crippen molar-refractivity contribution in [3.05, 3.63) is 33.6 Å². The largest absolute Gasteiger partial charge is 0.142 e. The first kappa shape index (κ1) is 8.73. The second kappa shape index (κ2) is 3.48. The highest BCUT2D eigenvalue weighted by Gasteiger charge is 2.04. The summed E-state index contributed by atoms with van der Waals surface area (Å²) in [4.78, 5) is 0. The summed E-state index contributed by atoms with van der Waals surface area (Å²) in [5, 5.41) is 4.49. The van der Waals surface area contributed by atoms with Crippen LogP contribution in [-0.4, -0.2) is 0 Å². The van der Waals surface area contributed by atoms with E-state index in [9.17, 15) is 0 Å². The predicted octanol–water partition coefficient (Wildman–Crippen LogP) is 4.56. The van der Waals surface area contributed by atoms with Crippen LogP contribution in [0.15, 0.2) is 28.1 Å². The minimum absolute atomic E-state index is 0.934. The van der Waals surface area contributed by atoms with Crippen molar-refractivity contribution in [2.75, 3.05) is 0 Å². The zero-order valence-electron chi connectivity index (χ0n) is 6.18. The maximum absolute atomic E-state index is 3.53. The maximum Gasteiger partial charge on any atom is 0.0487 e. The molecule has 1 aromatic carbocycles. The van der Waals surface area contributed by atoms with Gasteiger partial charge in [0.05, 0.1) is 0 Å². The Kier molecular flexibility index (Phi) is 2.53. The third-order valence-corrected chi connectivity index (χ3v) is 4.38. The SMILES string of the molecule is BrCc1csc2c(Br)cccc12. The second-order valence-corrected chi connectivity index (χ2v) is 4.81. The Morgan fingerprint density at radius 1 is 1.33 bits per heavy atom. The van der Waals surface area contributed by atoms with Crippen molar-refractivity contribution in [2.24, 2.45) is 0 Å². The number of benzene rings is 1. The molecular weight excluding hydrogens is 300 g/mol. The molecule has 12 heavy (non-hydrogen) atoms. The number of fused-ring (bicyclic) bond motifs is 1. The van der Waals surface area contributed by atoms with Crippen molar-refractivity contribution in [3.63, 3.8) is 0 Å². The van der Waals surface area contributed by atoms with E-state index >= 15 is 0 Å². The summed E-state index contributed by atoms with van der Waals surface area (Å²) in [6.45, 7) is 0. The number of thiophene rings is 1. The van der Waals surface area contributed by atoms with Gasteiger partial charge >= 0.3 is 0 Å². The molecule has 0 amide bonds. The average Bonchev–Trinajstić information content (AvgIpc) is 2.49. The van der Waals surface area contributed by atoms with E-state index in [1.165, 1.54) is 20.1 Å². The molecule has 0 unspecified atom stereocenters. The van der Waals surface area contributed by atoms with E-state index in [4.69, 9.17) is 0 Å². The van der Waals surface area contributed by atoms with E-state index in [0.29, 0.717) is 0 Å². The van der Waals surface area contributed by atoms with Gasteiger partial charge in [-0.15, -0.1) is 11.3 Å². The zero-order valence-corrected chi connectivity index (χ0v) is 10.2. The number of hydrogen-bond donors (Lipinski definition) is 0. The van der Waals surface area contributed by atoms with Crippen LogP contribution >= 0.6 is 43.2 Å². The van der Waals surface area contributed by atoms with Crippen LogP contribution in [0.4, 0.5) is 0 Å². The molecule has 0 aliphatic carbocycles. The topological polar surface area (TPSA) is 0 Å². The molecule has 1 heterocycles. The van der Waals surface area contributed by atoms with Crippen LogP contribution in [0, 0.1) is 0 Å². The Balaban J connectivity index is 2.80. The highest BCUT2D eigenvalue weighted by Crippen LogP contribution is 2.32. The van der Waals surface area contributed by atoms with Gasteiger partial charge in [-0.1, -0.05) is 28.1 Å². The smallest absolute Gasteiger partial charge is 0.0487 e. The third-order valence-electron chi connectivity index (χ3n) is 1.78. The lowest BCUT2D eigenvalue weighted by atomic mass is 10.2. The monoisotopic (exact) mass is 304 g/mol. The van der Waals surface area contributed by atoms with Crippen LogP contribution < -0.4 is 0 Å². The van der Waals surface area contributed by atoms with Crippen LogP contribution in [-0.2, 0) is 5.33 Å². The molecule has 0 spiro atoms. The lowest BCUT2D eigenvalue weighted by Crippen LogP contribution is -1.71. The number of halogens is 2. The molecule has 0 aliphatic heterocycles. The van der Waals surface area contributed by atoms with Gasteiger partial charge in [0.1, 0.15) is 0 Å². The molecule has 2 aromatic rings. The van der Waals surface area contributed by atoms with E-state index < -0.39 is 0 Å². The second-order valence-electron chi connectivity index (χ2n) is 2.51. The molecule has 0 fully saturated rings. The molecule has 62 valence electrons. The summed E-state index contributed by atoms with van der Waals surface area (Å²) in [6, 6.07) is 6.31. The summed E-state index contributed by atoms with van der Waals surface area (Å²) in [5.41, 5.74) is 1.37. The lowest BCUT2D eigenvalue weighted by molar-refractivity contribution is 1.54. The van der Waals surface area contributed by atoms with Gasteiger partial charge in [-0.3, -0.25) is 0 Å². The highest BCUT2D eigenvalue weighted by molar-refractivity contribution is 9.10. The molecule has 0 saturated carbocycles. The first-order chi connectivity index (χ1) is 5.83. The fourth-order valence-corrected chi connectivity index (χ4v) is 3.48. The predicted molar refractivity (Wildman–Crippen MR) is 62.2 cm³/mol. The first-order valence-corrected chi connectivity index (χ1v) is 6.33. The Morgan fingerprint density at radius 2 is 2.17 bits per heavy atom. The van der Waals surface area contributed by atoms with Gasteiger partial charge in [0, 0.05) is 14.5 Å². The van der Waals surface area contributed by atoms with Crippen molar-refractivity contribution in [3.8, 4) is 0 Å². The van der Waals surface area contributed by atoms with Crippen molar-refractivity contribution >= 4 is 53.3 Å². The van der Waals surface area contributed by atoms with Crippen molar-refractivity contribution in [1.29, 1.82) is 0 Å². The van der Waals surface area contributed by atoms with Crippen LogP contribution in [0.5, 0.6) is 0 Å². The van der Waals surface area contributed by atoms with Crippen LogP contribution in [0.1, 0.15) is 5.56 Å². The summed E-state index contributed by atoms with van der Waals surface area (Å²) < 4.78 is 2.53. The standard InChI is InChI=1S/C9H6Br2S/c10-4-6-5-12-9-7(6)2-1-3-8(9)11/h1-3,5H,4H2. The summed E-state index contributed by atoms with van der Waals surface area (Å²) in [7, 11) is 0. The van der Waals surface area contributed by atoms with Crippen molar-refractivity contribution < 1.29 is 0 Å². The Hall–Kier alpha value is 0.140. The molecule has 0 aliphatic rings. The summed E-state index contributed by atoms with van der Waals surface area (Å²) in [6.07, 6.45) is 0. The van der Waals surface area contributed by atoms with Gasteiger partial charge in [-0.25, -0.2) is 0 Å². The maximum atomic E-state index is 3.53. The normalized spacial score (nSPS) is 10.8. The molecule has 3 heteroatoms. The van der Waals surface area contributed by atoms with Gasteiger partial charge in [0.25, 0.3) is 0 Å². The molecule has 0 atom stereocenters. The highest BCUT2D eigenvalue weighted by atomic mass is 79.9. The van der Waals surface area contributed by atoms with E-state index in [0.717, 1.165) is 5.33 Å². The summed E-state index contributed by atoms with van der Waals surface area (Å²) >= 11 is 8.80. The minimum atomic E-state index is 0.934. The third kappa shape index (κ3) is 1.34. The zero-order chi connectivity index (χ0) is 8.55. The first-order valence-electron chi connectivity index (χ1n) is 3.53. The van der Waals surface area contributed by atoms with E-state index in [1.807, 2.05) is 0 Å². The van der Waals surface area contributed by atoms with E-state index in [1.54, 1.807) is 11.3 Å². The molecule has 0 N–H and O–H groups in total. The van der Waals surface area contributed by atoms with Gasteiger partial charge < -0.3 is 0 Å². The van der Waals surface area contributed by atoms with Gasteiger partial charge in [-0.05, 0) is 38.3 Å². The molecule has 2 rings (SSSR count). The minimum Gasteiger partial charge on any atom is -0.142 e. The van der Waals surface area contributed by atoms with Gasteiger partial charge in [0.2, 0.25) is 0 Å². The van der Waals surface area contributed by atoms with Gasteiger partial charge in [-0.2, -0.15) is 0 Å². The van der Waals surface area contributed by atoms with Crippen LogP contribution in [0.2, 0.25) is 0 Å². The molecule has 1 aromatic heterocycles. The Bertz CT molecular complexity index is 406. The van der Waals surface area contributed by atoms with Crippen LogP contribution in [0.25, 0.3) is 10.1 Å². The quantitative estimate of drug-likeness (QED) is 0.678. The number of alkyl halides is 1. The van der Waals surface area contributed by atoms with E-state index in [2.05, 4.69) is 55.4 Å². The molecule has 0 bridgehead atoms. The summed E-state index contributed by atoms with van der Waals surface area (Å²) in [5.74, 6) is 0. The number of rotatable bonds is 1. The Morgan fingerprint density at radius 3 is 2.92 bits per heavy atom. The molecule has 0 radical (unpaired) electrons.